The van der Waals surface area contributed by atoms with Gasteiger partial charge in [0.1, 0.15) is 7.14 Å². The first-order valence-electron chi connectivity index (χ1n) is 23.7. The van der Waals surface area contributed by atoms with Crippen LogP contribution in [-0.2, 0) is 49.4 Å². The molecule has 0 fully saturated rings. The molecule has 8 aromatic carbocycles. The fourth-order valence-electron chi connectivity index (χ4n) is 11.1. The van der Waals surface area contributed by atoms with Gasteiger partial charge in [-0.1, -0.05) is 176 Å². The van der Waals surface area contributed by atoms with E-state index in [0.717, 1.165) is 60.7 Å². The number of anilines is 2. The molecule has 7 nitrogen and oxygen atoms in total. The zero-order valence-corrected chi connectivity index (χ0v) is 41.3. The highest BCUT2D eigenvalue weighted by molar-refractivity contribution is 7.78. The summed E-state index contributed by atoms with van der Waals surface area (Å²) < 4.78 is 29.3. The molecule has 10 heteroatoms. The third kappa shape index (κ3) is 8.18. The van der Waals surface area contributed by atoms with E-state index in [4.69, 9.17) is 9.47 Å². The van der Waals surface area contributed by atoms with E-state index in [1.54, 1.807) is 0 Å². The molecular weight excluding hydrogens is 889 g/mol. The topological polar surface area (TPSA) is 76.2 Å². The molecule has 0 unspecified atom stereocenters. The van der Waals surface area contributed by atoms with Gasteiger partial charge in [-0.2, -0.15) is 0 Å². The number of fused-ring (bicyclic) bond motifs is 1. The Bertz CT molecular complexity index is 3110. The minimum atomic E-state index is -3.09. The van der Waals surface area contributed by atoms with Gasteiger partial charge in [-0.15, -0.1) is 0 Å². The molecule has 1 heterocycles. The standard InChI is InChI=1S/C59H55BN2O5P2/c1-42-50(35-22-38-69(65,48-31-16-8-17-32-48)49-33-18-9-19-34-49)56(43(2)52-40-59(39-51(42)52,57(63)66-3)58(64)67-4)60-61(41-44-23-10-5-11-24-44)53-36-20-25-45-26-21-37-54(55(45)53)62(60)68(46-27-12-6-13-28-46)47-29-14-7-15-30-47/h5-21,23-34,36-37H,22,35,38-41H2,1-4H3. The van der Waals surface area contributed by atoms with Gasteiger partial charge in [0.25, 0.3) is 0 Å². The van der Waals surface area contributed by atoms with Crippen LogP contribution in [0.1, 0.15) is 39.8 Å². The molecule has 0 N–H and O–H groups in total. The van der Waals surface area contributed by atoms with E-state index < -0.39 is 39.6 Å². The number of esters is 2. The first-order chi connectivity index (χ1) is 33.7. The van der Waals surface area contributed by atoms with Crippen molar-refractivity contribution in [3.63, 3.8) is 0 Å². The predicted molar refractivity (Wildman–Crippen MR) is 286 cm³/mol. The van der Waals surface area contributed by atoms with Crippen LogP contribution in [0, 0.1) is 19.3 Å². The van der Waals surface area contributed by atoms with Crippen LogP contribution in [0.15, 0.2) is 188 Å². The Kier molecular flexibility index (Phi) is 12.9. The molecule has 1 aliphatic carbocycles. The van der Waals surface area contributed by atoms with Crippen LogP contribution in [0.4, 0.5) is 11.4 Å². The molecule has 69 heavy (non-hydrogen) atoms. The summed E-state index contributed by atoms with van der Waals surface area (Å²) in [5.41, 5.74) is 8.18. The van der Waals surface area contributed by atoms with Crippen molar-refractivity contribution in [2.45, 2.75) is 46.1 Å². The van der Waals surface area contributed by atoms with Crippen LogP contribution in [0.3, 0.4) is 0 Å². The summed E-state index contributed by atoms with van der Waals surface area (Å²) >= 11 is 0. The molecule has 0 radical (unpaired) electrons. The zero-order valence-electron chi connectivity index (χ0n) is 39.5. The van der Waals surface area contributed by atoms with Gasteiger partial charge in [0, 0.05) is 61.0 Å². The van der Waals surface area contributed by atoms with Crippen molar-refractivity contribution >= 4 is 83.0 Å². The van der Waals surface area contributed by atoms with Gasteiger partial charge in [-0.25, -0.2) is 0 Å². The third-order valence-corrected chi connectivity index (χ3v) is 20.1. The van der Waals surface area contributed by atoms with Crippen molar-refractivity contribution in [2.24, 2.45) is 5.41 Å². The number of carbonyl (C=O) groups excluding carboxylic acids is 2. The molecule has 0 bridgehead atoms. The highest BCUT2D eigenvalue weighted by Gasteiger charge is 2.55. The number of methoxy groups -OCH3 is 2. The Morgan fingerprint density at radius 1 is 0.609 bits per heavy atom. The summed E-state index contributed by atoms with van der Waals surface area (Å²) in [6, 6.07) is 65.5. The van der Waals surface area contributed by atoms with Crippen molar-refractivity contribution in [1.82, 2.24) is 0 Å². The summed E-state index contributed by atoms with van der Waals surface area (Å²) in [6.45, 7) is 4.56. The lowest BCUT2D eigenvalue weighted by molar-refractivity contribution is -0.168. The molecule has 10 rings (SSSR count). The Morgan fingerprint density at radius 3 is 1.61 bits per heavy atom. The number of hydrogen-bond donors (Lipinski definition) is 0. The largest absolute Gasteiger partial charge is 0.468 e. The Balaban J connectivity index is 1.26. The summed E-state index contributed by atoms with van der Waals surface area (Å²) in [5, 5.41) is 6.44. The van der Waals surface area contributed by atoms with Crippen LogP contribution in [0.25, 0.3) is 10.8 Å². The molecule has 0 saturated carbocycles. The van der Waals surface area contributed by atoms with Crippen molar-refractivity contribution < 1.29 is 23.6 Å². The van der Waals surface area contributed by atoms with Gasteiger partial charge < -0.3 is 23.4 Å². The average Bonchev–Trinajstić information content (AvgIpc) is 3.83. The number of nitrogens with zero attached hydrogens (tertiary/aromatic N) is 2. The lowest BCUT2D eigenvalue weighted by Gasteiger charge is -2.49. The maximum atomic E-state index is 15.7. The maximum Gasteiger partial charge on any atom is 0.416 e. The quantitative estimate of drug-likeness (QED) is 0.0465. The van der Waals surface area contributed by atoms with E-state index in [1.807, 2.05) is 60.7 Å². The third-order valence-electron chi connectivity index (χ3n) is 14.4. The molecule has 0 atom stereocenters. The van der Waals surface area contributed by atoms with Crippen LogP contribution in [-0.4, -0.2) is 39.3 Å². The second-order valence-electron chi connectivity index (χ2n) is 18.2. The normalized spacial score (nSPS) is 14.0. The lowest BCUT2D eigenvalue weighted by Crippen LogP contribution is -2.63. The fraction of sp³-hybridized carbons (Fsp3) is 0.186. The van der Waals surface area contributed by atoms with Crippen molar-refractivity contribution in [2.75, 3.05) is 29.8 Å². The zero-order chi connectivity index (χ0) is 47.7. The maximum absolute atomic E-state index is 15.7. The van der Waals surface area contributed by atoms with E-state index in [0.29, 0.717) is 25.5 Å². The molecule has 0 aromatic heterocycles. The van der Waals surface area contributed by atoms with Crippen molar-refractivity contribution in [3.05, 3.63) is 221 Å². The minimum Gasteiger partial charge on any atom is -0.468 e. The van der Waals surface area contributed by atoms with Crippen LogP contribution >= 0.6 is 15.2 Å². The minimum absolute atomic E-state index is 0.155. The van der Waals surface area contributed by atoms with Gasteiger partial charge in [0.2, 0.25) is 0 Å². The Labute approximate surface area is 407 Å². The van der Waals surface area contributed by atoms with Gasteiger partial charge >= 0.3 is 18.9 Å². The highest BCUT2D eigenvalue weighted by atomic mass is 31.2. The van der Waals surface area contributed by atoms with Crippen molar-refractivity contribution in [3.8, 4) is 0 Å². The lowest BCUT2D eigenvalue weighted by atomic mass is 9.58. The second kappa shape index (κ2) is 19.4. The number of rotatable bonds is 14. The van der Waals surface area contributed by atoms with E-state index in [-0.39, 0.29) is 12.8 Å². The first kappa shape index (κ1) is 46.0. The van der Waals surface area contributed by atoms with Gasteiger partial charge in [0.05, 0.1) is 14.2 Å². The molecule has 0 saturated heterocycles. The summed E-state index contributed by atoms with van der Waals surface area (Å²) in [6.07, 6.45) is 2.00. The average molecular weight is 945 g/mol. The summed E-state index contributed by atoms with van der Waals surface area (Å²) in [5.74, 6) is -1.19. The Hall–Kier alpha value is -6.72. The summed E-state index contributed by atoms with van der Waals surface area (Å²) in [4.78, 5) is 30.7. The molecule has 2 aliphatic rings. The van der Waals surface area contributed by atoms with Crippen molar-refractivity contribution in [1.29, 1.82) is 0 Å². The fourth-order valence-corrected chi connectivity index (χ4v) is 16.4. The molecule has 344 valence electrons. The number of hydrogen-bond acceptors (Lipinski definition) is 7. The van der Waals surface area contributed by atoms with Crippen LogP contribution < -0.4 is 36.1 Å². The van der Waals surface area contributed by atoms with Gasteiger partial charge in [-0.3, -0.25) is 9.59 Å². The van der Waals surface area contributed by atoms with Gasteiger partial charge in [0.15, 0.2) is 5.41 Å². The van der Waals surface area contributed by atoms with E-state index in [1.165, 1.54) is 35.8 Å². The molecule has 0 spiro atoms. The van der Waals surface area contributed by atoms with E-state index in [9.17, 15) is 9.59 Å². The van der Waals surface area contributed by atoms with Crippen LogP contribution in [0.2, 0.25) is 0 Å². The first-order valence-corrected chi connectivity index (χ1v) is 26.9. The van der Waals surface area contributed by atoms with Crippen LogP contribution in [0.5, 0.6) is 0 Å². The predicted octanol–water partition coefficient (Wildman–Crippen LogP) is 10.1. The molecule has 1 aliphatic heterocycles. The van der Waals surface area contributed by atoms with E-state index in [2.05, 4.69) is 151 Å². The van der Waals surface area contributed by atoms with Gasteiger partial charge in [-0.05, 0) is 93.7 Å². The SMILES string of the molecule is COC(=O)C1(C(=O)OC)Cc2c(C)c(CCCP(=O)(c3ccccc3)c3ccccc3)c(B3N(Cc4ccccc4)c4cccc5cccc(c45)N3P(c3ccccc3)c3ccccc3)c(C)c2C1. The smallest absolute Gasteiger partial charge is 0.416 e. The second-order valence-corrected chi connectivity index (χ2v) is 23.3. The van der Waals surface area contributed by atoms with E-state index >= 15 is 4.57 Å². The summed E-state index contributed by atoms with van der Waals surface area (Å²) in [7, 11) is -1.65. The number of benzene rings is 8. The Morgan fingerprint density at radius 2 is 1.09 bits per heavy atom. The molecule has 8 aromatic rings. The molecular formula is C59H55BN2O5P2. The monoisotopic (exact) mass is 944 g/mol. The molecule has 0 amide bonds. The highest BCUT2D eigenvalue weighted by Crippen LogP contribution is 2.53. The number of carbonyl (C=O) groups is 2. The number of ether oxygens (including phenoxy) is 2.